The summed E-state index contributed by atoms with van der Waals surface area (Å²) < 4.78 is 9.91. The van der Waals surface area contributed by atoms with E-state index in [4.69, 9.17) is 22.1 Å². The average Bonchev–Trinajstić information content (AvgIpc) is 2.48. The second kappa shape index (κ2) is 6.11. The highest BCUT2D eigenvalue weighted by Crippen LogP contribution is 2.22. The van der Waals surface area contributed by atoms with Gasteiger partial charge < -0.3 is 20.1 Å². The van der Waals surface area contributed by atoms with Crippen molar-refractivity contribution in [2.24, 2.45) is 0 Å². The van der Waals surface area contributed by atoms with Gasteiger partial charge in [0, 0.05) is 17.3 Å². The normalized spacial score (nSPS) is 18.7. The van der Waals surface area contributed by atoms with Crippen LogP contribution in [-0.4, -0.2) is 49.7 Å². The van der Waals surface area contributed by atoms with Crippen LogP contribution in [0.15, 0.2) is 18.2 Å². The smallest absolute Gasteiger partial charge is 0.331 e. The molecule has 1 atom stereocenters. The Balaban J connectivity index is 2.30. The van der Waals surface area contributed by atoms with E-state index in [1.54, 1.807) is 12.1 Å². The Labute approximate surface area is 121 Å². The van der Waals surface area contributed by atoms with Crippen LogP contribution in [0, 0.1) is 0 Å². The minimum atomic E-state index is -0.764. The topological polar surface area (TPSA) is 81.9 Å². The van der Waals surface area contributed by atoms with E-state index in [-0.39, 0.29) is 18.1 Å². The van der Waals surface area contributed by atoms with E-state index in [1.165, 1.54) is 18.1 Å². The highest BCUT2D eigenvalue weighted by molar-refractivity contribution is 6.31. The third-order valence-corrected chi connectivity index (χ3v) is 3.34. The minimum Gasteiger partial charge on any atom is -0.467 e. The van der Waals surface area contributed by atoms with Crippen molar-refractivity contribution in [2.75, 3.05) is 32.6 Å². The summed E-state index contributed by atoms with van der Waals surface area (Å²) in [4.78, 5) is 25.6. The molecule has 1 aromatic carbocycles. The van der Waals surface area contributed by atoms with Crippen LogP contribution < -0.4 is 5.73 Å². The second-order valence-corrected chi connectivity index (χ2v) is 4.78. The first-order chi connectivity index (χ1) is 9.54. The van der Waals surface area contributed by atoms with Crippen molar-refractivity contribution in [3.8, 4) is 0 Å². The van der Waals surface area contributed by atoms with Crippen LogP contribution in [0.3, 0.4) is 0 Å². The lowest BCUT2D eigenvalue weighted by molar-refractivity contribution is -0.151. The Morgan fingerprint density at radius 2 is 2.25 bits per heavy atom. The molecule has 0 spiro atoms. The number of carbonyl (C=O) groups is 2. The number of esters is 1. The summed E-state index contributed by atoms with van der Waals surface area (Å²) >= 11 is 5.88. The van der Waals surface area contributed by atoms with Crippen molar-refractivity contribution in [1.29, 1.82) is 0 Å². The quantitative estimate of drug-likeness (QED) is 0.649. The number of methoxy groups -OCH3 is 1. The van der Waals surface area contributed by atoms with Crippen molar-refractivity contribution in [1.82, 2.24) is 4.90 Å². The number of morpholine rings is 1. The molecular weight excluding hydrogens is 284 g/mol. The van der Waals surface area contributed by atoms with Gasteiger partial charge in [0.2, 0.25) is 0 Å². The number of carbonyl (C=O) groups excluding carboxylic acids is 2. The summed E-state index contributed by atoms with van der Waals surface area (Å²) in [5.74, 6) is -0.873. The van der Waals surface area contributed by atoms with Crippen LogP contribution in [0.5, 0.6) is 0 Å². The average molecular weight is 299 g/mol. The molecule has 1 unspecified atom stereocenters. The van der Waals surface area contributed by atoms with Crippen LogP contribution >= 0.6 is 11.6 Å². The number of nitrogen functional groups attached to an aromatic ring is 1. The standard InChI is InChI=1S/C13H15ClN2O4/c1-19-13(18)11-7-20-5-4-16(11)12(17)9-6-8(14)2-3-10(9)15/h2-3,6,11H,4-5,7,15H2,1H3. The molecule has 0 aliphatic carbocycles. The summed E-state index contributed by atoms with van der Waals surface area (Å²) in [5.41, 5.74) is 6.38. The van der Waals surface area contributed by atoms with E-state index in [9.17, 15) is 9.59 Å². The number of halogens is 1. The van der Waals surface area contributed by atoms with Crippen molar-refractivity contribution in [2.45, 2.75) is 6.04 Å². The zero-order valence-corrected chi connectivity index (χ0v) is 11.7. The van der Waals surface area contributed by atoms with Gasteiger partial charge in [-0.05, 0) is 18.2 Å². The number of anilines is 1. The van der Waals surface area contributed by atoms with E-state index < -0.39 is 12.0 Å². The van der Waals surface area contributed by atoms with Gasteiger partial charge >= 0.3 is 5.97 Å². The second-order valence-electron chi connectivity index (χ2n) is 4.34. The summed E-state index contributed by atoms with van der Waals surface area (Å²) in [5, 5.41) is 0.408. The lowest BCUT2D eigenvalue weighted by atomic mass is 10.1. The van der Waals surface area contributed by atoms with Crippen LogP contribution in [0.1, 0.15) is 10.4 Å². The van der Waals surface area contributed by atoms with Crippen LogP contribution in [0.4, 0.5) is 5.69 Å². The Bertz CT molecular complexity index is 535. The van der Waals surface area contributed by atoms with Crippen molar-refractivity contribution in [3.05, 3.63) is 28.8 Å². The number of nitrogens with two attached hydrogens (primary N) is 1. The highest BCUT2D eigenvalue weighted by atomic mass is 35.5. The van der Waals surface area contributed by atoms with Gasteiger partial charge in [-0.1, -0.05) is 11.6 Å². The molecular formula is C13H15ClN2O4. The third kappa shape index (κ3) is 2.86. The molecule has 1 aliphatic rings. The van der Waals surface area contributed by atoms with Crippen molar-refractivity contribution < 1.29 is 19.1 Å². The summed E-state index contributed by atoms with van der Waals surface area (Å²) in [6.45, 7) is 0.767. The molecule has 2 N–H and O–H groups in total. The number of rotatable bonds is 2. The molecule has 2 rings (SSSR count). The monoisotopic (exact) mass is 298 g/mol. The molecule has 0 radical (unpaired) electrons. The summed E-state index contributed by atoms with van der Waals surface area (Å²) in [7, 11) is 1.27. The molecule has 108 valence electrons. The number of hydrogen-bond acceptors (Lipinski definition) is 5. The molecule has 20 heavy (non-hydrogen) atoms. The highest BCUT2D eigenvalue weighted by Gasteiger charge is 2.34. The van der Waals surface area contributed by atoms with E-state index in [0.717, 1.165) is 0 Å². The molecule has 7 heteroatoms. The van der Waals surface area contributed by atoms with Gasteiger partial charge in [-0.3, -0.25) is 4.79 Å². The number of hydrogen-bond donors (Lipinski definition) is 1. The predicted octanol–water partition coefficient (Wildman–Crippen LogP) is 0.936. The van der Waals surface area contributed by atoms with Gasteiger partial charge in [0.1, 0.15) is 0 Å². The van der Waals surface area contributed by atoms with Crippen molar-refractivity contribution >= 4 is 29.2 Å². The molecule has 0 saturated carbocycles. The van der Waals surface area contributed by atoms with Gasteiger partial charge in [0.05, 0.1) is 25.9 Å². The number of nitrogens with zero attached hydrogens (tertiary/aromatic N) is 1. The molecule has 0 bridgehead atoms. The first kappa shape index (κ1) is 14.6. The fourth-order valence-electron chi connectivity index (χ4n) is 2.05. The van der Waals surface area contributed by atoms with E-state index in [1.807, 2.05) is 0 Å². The van der Waals surface area contributed by atoms with Gasteiger partial charge in [-0.2, -0.15) is 0 Å². The minimum absolute atomic E-state index is 0.110. The Kier molecular flexibility index (Phi) is 4.46. The molecule has 1 amide bonds. The molecule has 1 fully saturated rings. The van der Waals surface area contributed by atoms with Gasteiger partial charge in [0.25, 0.3) is 5.91 Å². The first-order valence-electron chi connectivity index (χ1n) is 6.06. The van der Waals surface area contributed by atoms with Crippen molar-refractivity contribution in [3.63, 3.8) is 0 Å². The van der Waals surface area contributed by atoms with Gasteiger partial charge in [-0.25, -0.2) is 4.79 Å². The largest absolute Gasteiger partial charge is 0.467 e. The fourth-order valence-corrected chi connectivity index (χ4v) is 2.22. The number of ether oxygens (including phenoxy) is 2. The fraction of sp³-hybridized carbons (Fsp3) is 0.385. The van der Waals surface area contributed by atoms with Gasteiger partial charge in [-0.15, -0.1) is 0 Å². The van der Waals surface area contributed by atoms with Crippen LogP contribution in [0.25, 0.3) is 0 Å². The maximum absolute atomic E-state index is 12.5. The Morgan fingerprint density at radius 1 is 1.50 bits per heavy atom. The van der Waals surface area contributed by atoms with E-state index in [0.29, 0.717) is 23.9 Å². The molecule has 1 saturated heterocycles. The first-order valence-corrected chi connectivity index (χ1v) is 6.44. The summed E-state index contributed by atoms with van der Waals surface area (Å²) in [6.07, 6.45) is 0. The van der Waals surface area contributed by atoms with Crippen LogP contribution in [0.2, 0.25) is 5.02 Å². The maximum Gasteiger partial charge on any atom is 0.331 e. The maximum atomic E-state index is 12.5. The van der Waals surface area contributed by atoms with Crippen LogP contribution in [-0.2, 0) is 14.3 Å². The number of amides is 1. The van der Waals surface area contributed by atoms with E-state index in [2.05, 4.69) is 4.74 Å². The molecule has 6 nitrogen and oxygen atoms in total. The zero-order chi connectivity index (χ0) is 14.7. The summed E-state index contributed by atoms with van der Waals surface area (Å²) in [6, 6.07) is 3.89. The molecule has 1 aliphatic heterocycles. The molecule has 1 aromatic rings. The molecule has 0 aromatic heterocycles. The van der Waals surface area contributed by atoms with Gasteiger partial charge in [0.15, 0.2) is 6.04 Å². The lowest BCUT2D eigenvalue weighted by Crippen LogP contribution is -2.53. The SMILES string of the molecule is COC(=O)C1COCCN1C(=O)c1cc(Cl)ccc1N. The Morgan fingerprint density at radius 3 is 2.95 bits per heavy atom. The predicted molar refractivity (Wildman–Crippen MR) is 73.5 cm³/mol. The number of benzene rings is 1. The zero-order valence-electron chi connectivity index (χ0n) is 11.0. The molecule has 1 heterocycles. The Hall–Kier alpha value is -1.79. The lowest BCUT2D eigenvalue weighted by Gasteiger charge is -2.33. The van der Waals surface area contributed by atoms with E-state index >= 15 is 0 Å². The third-order valence-electron chi connectivity index (χ3n) is 3.11.